The van der Waals surface area contributed by atoms with Crippen LogP contribution >= 0.6 is 11.6 Å². The fourth-order valence-corrected chi connectivity index (χ4v) is 1.83. The molecule has 0 aliphatic carbocycles. The molecule has 0 spiro atoms. The highest BCUT2D eigenvalue weighted by Gasteiger charge is 2.18. The maximum absolute atomic E-state index is 11.1. The summed E-state index contributed by atoms with van der Waals surface area (Å²) < 4.78 is 1.46. The molecule has 6 heteroatoms. The SMILES string of the molecule is CC(C)=Cc1c(C(=O)O)nnn1-c1cccc(Cl)c1. The molecule has 0 saturated heterocycles. The number of allylic oxidation sites excluding steroid dienone is 1. The second-order valence-electron chi connectivity index (χ2n) is 4.24. The standard InChI is InChI=1S/C13H12ClN3O2/c1-8(2)6-11-12(13(18)19)15-16-17(11)10-5-3-4-9(14)7-10/h3-7H,1-2H3,(H,18,19). The van der Waals surface area contributed by atoms with Gasteiger partial charge in [-0.05, 0) is 38.1 Å². The first-order valence-electron chi connectivity index (χ1n) is 5.59. The van der Waals surface area contributed by atoms with E-state index in [-0.39, 0.29) is 5.69 Å². The van der Waals surface area contributed by atoms with Crippen molar-refractivity contribution in [3.05, 3.63) is 46.2 Å². The molecule has 2 rings (SSSR count). The molecule has 0 fully saturated rings. The lowest BCUT2D eigenvalue weighted by atomic mass is 10.2. The van der Waals surface area contributed by atoms with Crippen LogP contribution in [0, 0.1) is 0 Å². The summed E-state index contributed by atoms with van der Waals surface area (Å²) in [5, 5.41) is 17.3. The van der Waals surface area contributed by atoms with Crippen LogP contribution in [0.3, 0.4) is 0 Å². The molecule has 0 radical (unpaired) electrons. The molecule has 19 heavy (non-hydrogen) atoms. The Bertz CT molecular complexity index is 658. The molecular weight excluding hydrogens is 266 g/mol. The first kappa shape index (κ1) is 13.3. The Morgan fingerprint density at radius 2 is 2.16 bits per heavy atom. The molecule has 0 unspecified atom stereocenters. The summed E-state index contributed by atoms with van der Waals surface area (Å²) in [4.78, 5) is 11.1. The van der Waals surface area contributed by atoms with Crippen molar-refractivity contribution >= 4 is 23.6 Å². The molecule has 2 aromatic rings. The van der Waals surface area contributed by atoms with Gasteiger partial charge >= 0.3 is 5.97 Å². The summed E-state index contributed by atoms with van der Waals surface area (Å²) in [5.74, 6) is -1.11. The van der Waals surface area contributed by atoms with Crippen molar-refractivity contribution < 1.29 is 9.90 Å². The zero-order valence-corrected chi connectivity index (χ0v) is 11.2. The van der Waals surface area contributed by atoms with Gasteiger partial charge in [0.05, 0.1) is 5.69 Å². The van der Waals surface area contributed by atoms with Gasteiger partial charge < -0.3 is 5.11 Å². The largest absolute Gasteiger partial charge is 0.476 e. The number of hydrogen-bond acceptors (Lipinski definition) is 3. The number of rotatable bonds is 3. The van der Waals surface area contributed by atoms with Crippen LogP contribution in [-0.2, 0) is 0 Å². The smallest absolute Gasteiger partial charge is 0.358 e. The van der Waals surface area contributed by atoms with E-state index < -0.39 is 5.97 Å². The van der Waals surface area contributed by atoms with Crippen LogP contribution in [0.1, 0.15) is 30.0 Å². The van der Waals surface area contributed by atoms with Crippen LogP contribution in [0.15, 0.2) is 29.8 Å². The maximum Gasteiger partial charge on any atom is 0.358 e. The van der Waals surface area contributed by atoms with E-state index in [1.807, 2.05) is 13.8 Å². The molecule has 0 atom stereocenters. The van der Waals surface area contributed by atoms with Crippen molar-refractivity contribution in [1.82, 2.24) is 15.0 Å². The normalized spacial score (nSPS) is 10.3. The van der Waals surface area contributed by atoms with Gasteiger partial charge in [-0.1, -0.05) is 28.5 Å². The molecule has 1 aromatic heterocycles. The number of aromatic carboxylic acids is 1. The summed E-state index contributed by atoms with van der Waals surface area (Å²) in [6.45, 7) is 3.75. The number of halogens is 1. The Morgan fingerprint density at radius 3 is 2.74 bits per heavy atom. The van der Waals surface area contributed by atoms with E-state index in [9.17, 15) is 4.79 Å². The third-order valence-corrected chi connectivity index (χ3v) is 2.62. The summed E-state index contributed by atoms with van der Waals surface area (Å²) in [7, 11) is 0. The van der Waals surface area contributed by atoms with Crippen molar-refractivity contribution in [3.63, 3.8) is 0 Å². The zero-order valence-electron chi connectivity index (χ0n) is 10.5. The molecule has 98 valence electrons. The predicted octanol–water partition coefficient (Wildman–Crippen LogP) is 3.04. The van der Waals surface area contributed by atoms with E-state index in [1.165, 1.54) is 4.68 Å². The van der Waals surface area contributed by atoms with Crippen molar-refractivity contribution in [2.45, 2.75) is 13.8 Å². The lowest BCUT2D eigenvalue weighted by molar-refractivity contribution is 0.0690. The number of carboxylic acids is 1. The number of hydrogen-bond donors (Lipinski definition) is 1. The Morgan fingerprint density at radius 1 is 1.42 bits per heavy atom. The molecule has 1 aromatic carbocycles. The Hall–Kier alpha value is -2.14. The van der Waals surface area contributed by atoms with Crippen LogP contribution in [0.4, 0.5) is 0 Å². The Balaban J connectivity index is 2.64. The summed E-state index contributed by atoms with van der Waals surface area (Å²) in [6.07, 6.45) is 1.73. The molecule has 1 N–H and O–H groups in total. The van der Waals surface area contributed by atoms with Crippen molar-refractivity contribution in [2.24, 2.45) is 0 Å². The Labute approximate surface area is 115 Å². The number of benzene rings is 1. The van der Waals surface area contributed by atoms with Crippen molar-refractivity contribution in [1.29, 1.82) is 0 Å². The first-order valence-corrected chi connectivity index (χ1v) is 5.96. The van der Waals surface area contributed by atoms with Crippen molar-refractivity contribution in [2.75, 3.05) is 0 Å². The van der Waals surface area contributed by atoms with Gasteiger partial charge in [0, 0.05) is 5.02 Å². The monoisotopic (exact) mass is 277 g/mol. The van der Waals surface area contributed by atoms with Crippen LogP contribution in [0.2, 0.25) is 5.02 Å². The van der Waals surface area contributed by atoms with Gasteiger partial charge in [-0.2, -0.15) is 0 Å². The predicted molar refractivity (Wildman–Crippen MR) is 72.7 cm³/mol. The minimum Gasteiger partial charge on any atom is -0.476 e. The lowest BCUT2D eigenvalue weighted by Gasteiger charge is -2.04. The highest BCUT2D eigenvalue weighted by atomic mass is 35.5. The van der Waals surface area contributed by atoms with Crippen LogP contribution in [0.25, 0.3) is 11.8 Å². The van der Waals surface area contributed by atoms with Crippen LogP contribution < -0.4 is 0 Å². The minimum atomic E-state index is -1.11. The molecule has 0 aliphatic heterocycles. The molecular formula is C13H12ClN3O2. The van der Waals surface area contributed by atoms with Gasteiger partial charge in [-0.3, -0.25) is 0 Å². The average molecular weight is 278 g/mol. The number of aromatic nitrogens is 3. The third-order valence-electron chi connectivity index (χ3n) is 2.39. The quantitative estimate of drug-likeness (QED) is 0.936. The van der Waals surface area contributed by atoms with E-state index in [2.05, 4.69) is 10.3 Å². The highest BCUT2D eigenvalue weighted by Crippen LogP contribution is 2.19. The van der Waals surface area contributed by atoms with Gasteiger partial charge in [0.1, 0.15) is 5.69 Å². The van der Waals surface area contributed by atoms with E-state index in [4.69, 9.17) is 16.7 Å². The van der Waals surface area contributed by atoms with Crippen LogP contribution in [0.5, 0.6) is 0 Å². The molecule has 0 saturated carbocycles. The van der Waals surface area contributed by atoms with Gasteiger partial charge in [0.15, 0.2) is 5.69 Å². The summed E-state index contributed by atoms with van der Waals surface area (Å²) in [6, 6.07) is 6.99. The second kappa shape index (κ2) is 5.24. The summed E-state index contributed by atoms with van der Waals surface area (Å²) in [5.41, 5.74) is 1.96. The summed E-state index contributed by atoms with van der Waals surface area (Å²) >= 11 is 5.93. The first-order chi connectivity index (χ1) is 8.99. The third kappa shape index (κ3) is 2.82. The zero-order chi connectivity index (χ0) is 14.0. The highest BCUT2D eigenvalue weighted by molar-refractivity contribution is 6.30. The fraction of sp³-hybridized carbons (Fsp3) is 0.154. The molecule has 0 bridgehead atoms. The molecule has 5 nitrogen and oxygen atoms in total. The van der Waals surface area contributed by atoms with Crippen LogP contribution in [-0.4, -0.2) is 26.1 Å². The maximum atomic E-state index is 11.1. The molecule has 0 amide bonds. The fourth-order valence-electron chi connectivity index (χ4n) is 1.64. The van der Waals surface area contributed by atoms with E-state index in [1.54, 1.807) is 30.3 Å². The van der Waals surface area contributed by atoms with Crippen molar-refractivity contribution in [3.8, 4) is 5.69 Å². The number of carboxylic acid groups (broad SMARTS) is 1. The minimum absolute atomic E-state index is 0.0822. The topological polar surface area (TPSA) is 68.0 Å². The average Bonchev–Trinajstić information content (AvgIpc) is 2.71. The van der Waals surface area contributed by atoms with E-state index >= 15 is 0 Å². The number of carbonyl (C=O) groups is 1. The van der Waals surface area contributed by atoms with Gasteiger partial charge in [-0.25, -0.2) is 9.48 Å². The van der Waals surface area contributed by atoms with E-state index in [0.29, 0.717) is 16.4 Å². The molecule has 1 heterocycles. The Kier molecular flexibility index (Phi) is 3.66. The second-order valence-corrected chi connectivity index (χ2v) is 4.68. The van der Waals surface area contributed by atoms with Gasteiger partial charge in [0.2, 0.25) is 0 Å². The molecule has 0 aliphatic rings. The lowest BCUT2D eigenvalue weighted by Crippen LogP contribution is -2.03. The number of nitrogens with zero attached hydrogens (tertiary/aromatic N) is 3. The van der Waals surface area contributed by atoms with Gasteiger partial charge in [0.25, 0.3) is 0 Å². The van der Waals surface area contributed by atoms with Gasteiger partial charge in [-0.15, -0.1) is 5.10 Å². The van der Waals surface area contributed by atoms with E-state index in [0.717, 1.165) is 5.57 Å².